The molecule has 0 saturated carbocycles. The highest BCUT2D eigenvalue weighted by molar-refractivity contribution is 9.11. The zero-order valence-electron chi connectivity index (χ0n) is 6.97. The van der Waals surface area contributed by atoms with Gasteiger partial charge >= 0.3 is 0 Å². The van der Waals surface area contributed by atoms with E-state index in [9.17, 15) is 5.11 Å². The van der Waals surface area contributed by atoms with Crippen molar-refractivity contribution in [2.24, 2.45) is 5.73 Å². The molecule has 0 bridgehead atoms. The van der Waals surface area contributed by atoms with Crippen molar-refractivity contribution in [3.63, 3.8) is 0 Å². The minimum atomic E-state index is -0.530. The third kappa shape index (κ3) is 2.30. The van der Waals surface area contributed by atoms with Gasteiger partial charge < -0.3 is 15.9 Å². The second-order valence-electron chi connectivity index (χ2n) is 2.71. The van der Waals surface area contributed by atoms with Gasteiger partial charge in [-0.3, -0.25) is 0 Å². The lowest BCUT2D eigenvalue weighted by molar-refractivity contribution is 0.267. The molecule has 6 heteroatoms. The van der Waals surface area contributed by atoms with Crippen molar-refractivity contribution in [2.45, 2.75) is 6.04 Å². The Hall–Kier alpha value is 0.380. The SMILES string of the molecule is N[C@H](CO)c1c(Br)cc(Br)c(O)c1Br. The number of hydrogen-bond donors (Lipinski definition) is 3. The van der Waals surface area contributed by atoms with Crippen LogP contribution < -0.4 is 5.73 Å². The zero-order chi connectivity index (χ0) is 10.9. The van der Waals surface area contributed by atoms with E-state index in [1.807, 2.05) is 0 Å². The first-order chi connectivity index (χ1) is 6.49. The van der Waals surface area contributed by atoms with Gasteiger partial charge in [0.2, 0.25) is 0 Å². The number of aliphatic hydroxyl groups excluding tert-OH is 1. The first kappa shape index (κ1) is 12.4. The molecule has 1 aromatic carbocycles. The van der Waals surface area contributed by atoms with Crippen molar-refractivity contribution in [2.75, 3.05) is 6.61 Å². The monoisotopic (exact) mass is 387 g/mol. The first-order valence-corrected chi connectivity index (χ1v) is 6.09. The van der Waals surface area contributed by atoms with E-state index in [1.54, 1.807) is 6.07 Å². The van der Waals surface area contributed by atoms with Crippen molar-refractivity contribution >= 4 is 47.8 Å². The summed E-state index contributed by atoms with van der Waals surface area (Å²) in [6.07, 6.45) is 0. The molecule has 0 spiro atoms. The molecule has 3 nitrogen and oxygen atoms in total. The molecule has 0 radical (unpaired) electrons. The van der Waals surface area contributed by atoms with Crippen molar-refractivity contribution in [3.05, 3.63) is 25.0 Å². The van der Waals surface area contributed by atoms with Crippen LogP contribution in [0.5, 0.6) is 5.75 Å². The Labute approximate surface area is 107 Å². The number of phenols is 1. The van der Waals surface area contributed by atoms with Gasteiger partial charge in [0, 0.05) is 10.0 Å². The van der Waals surface area contributed by atoms with Crippen LogP contribution in [-0.2, 0) is 0 Å². The maximum Gasteiger partial charge on any atom is 0.144 e. The predicted octanol–water partition coefficient (Wildman–Crippen LogP) is 2.67. The Kier molecular flexibility index (Phi) is 4.39. The fourth-order valence-corrected chi connectivity index (χ4v) is 3.73. The smallest absolute Gasteiger partial charge is 0.144 e. The second kappa shape index (κ2) is 4.94. The highest BCUT2D eigenvalue weighted by atomic mass is 79.9. The molecule has 0 aliphatic carbocycles. The predicted molar refractivity (Wildman–Crippen MR) is 65.2 cm³/mol. The molecule has 14 heavy (non-hydrogen) atoms. The van der Waals surface area contributed by atoms with Crippen LogP contribution in [0.3, 0.4) is 0 Å². The Morgan fingerprint density at radius 2 is 1.86 bits per heavy atom. The summed E-state index contributed by atoms with van der Waals surface area (Å²) >= 11 is 9.72. The molecular formula is C8H8Br3NO2. The lowest BCUT2D eigenvalue weighted by atomic mass is 10.1. The van der Waals surface area contributed by atoms with Gasteiger partial charge in [0.05, 0.1) is 21.6 Å². The van der Waals surface area contributed by atoms with Crippen LogP contribution in [0.1, 0.15) is 11.6 Å². The molecular weight excluding hydrogens is 382 g/mol. The number of aliphatic hydroxyl groups is 1. The van der Waals surface area contributed by atoms with Crippen molar-refractivity contribution in [3.8, 4) is 5.75 Å². The van der Waals surface area contributed by atoms with Crippen LogP contribution in [0.2, 0.25) is 0 Å². The minimum Gasteiger partial charge on any atom is -0.506 e. The fourth-order valence-electron chi connectivity index (χ4n) is 1.03. The normalized spacial score (nSPS) is 12.9. The Balaban J connectivity index is 3.36. The number of aromatic hydroxyl groups is 1. The van der Waals surface area contributed by atoms with E-state index in [4.69, 9.17) is 10.8 Å². The number of halogens is 3. The van der Waals surface area contributed by atoms with Gasteiger partial charge in [-0.2, -0.15) is 0 Å². The van der Waals surface area contributed by atoms with Crippen LogP contribution >= 0.6 is 47.8 Å². The summed E-state index contributed by atoms with van der Waals surface area (Å²) in [7, 11) is 0. The number of hydrogen-bond acceptors (Lipinski definition) is 3. The van der Waals surface area contributed by atoms with Gasteiger partial charge in [-0.1, -0.05) is 15.9 Å². The van der Waals surface area contributed by atoms with Crippen LogP contribution in [0, 0.1) is 0 Å². The van der Waals surface area contributed by atoms with Gasteiger partial charge in [-0.05, 0) is 37.9 Å². The largest absolute Gasteiger partial charge is 0.506 e. The van der Waals surface area contributed by atoms with Crippen molar-refractivity contribution < 1.29 is 10.2 Å². The lowest BCUT2D eigenvalue weighted by Crippen LogP contribution is -2.15. The van der Waals surface area contributed by atoms with Gasteiger partial charge in [-0.15, -0.1) is 0 Å². The molecule has 0 aromatic heterocycles. The Bertz CT molecular complexity index is 357. The number of rotatable bonds is 2. The molecule has 0 unspecified atom stereocenters. The zero-order valence-corrected chi connectivity index (χ0v) is 11.7. The molecule has 78 valence electrons. The summed E-state index contributed by atoms with van der Waals surface area (Å²) in [5.74, 6) is 0.0760. The molecule has 1 aromatic rings. The van der Waals surface area contributed by atoms with E-state index in [0.29, 0.717) is 14.5 Å². The number of benzene rings is 1. The van der Waals surface area contributed by atoms with Crippen LogP contribution in [0.25, 0.3) is 0 Å². The molecule has 0 amide bonds. The topological polar surface area (TPSA) is 66.5 Å². The minimum absolute atomic E-state index is 0.0760. The summed E-state index contributed by atoms with van der Waals surface area (Å²) in [4.78, 5) is 0. The van der Waals surface area contributed by atoms with E-state index in [1.165, 1.54) is 0 Å². The lowest BCUT2D eigenvalue weighted by Gasteiger charge is -2.15. The molecule has 0 aliphatic rings. The summed E-state index contributed by atoms with van der Waals surface area (Å²) < 4.78 is 1.78. The molecule has 1 atom stereocenters. The summed E-state index contributed by atoms with van der Waals surface area (Å²) in [6, 6.07) is 1.16. The van der Waals surface area contributed by atoms with Crippen LogP contribution in [0.4, 0.5) is 0 Å². The average Bonchev–Trinajstić information content (AvgIpc) is 2.14. The summed E-state index contributed by atoms with van der Waals surface area (Å²) in [5, 5.41) is 18.5. The van der Waals surface area contributed by atoms with Crippen molar-refractivity contribution in [1.29, 1.82) is 0 Å². The molecule has 0 aliphatic heterocycles. The standard InChI is InChI=1S/C8H8Br3NO2/c9-3-1-4(10)8(14)7(11)6(3)5(12)2-13/h1,5,13-14H,2,12H2/t5-/m1/s1. The second-order valence-corrected chi connectivity index (χ2v) is 5.21. The quantitative estimate of drug-likeness (QED) is 0.728. The van der Waals surface area contributed by atoms with Crippen LogP contribution in [-0.4, -0.2) is 16.8 Å². The number of phenolic OH excluding ortho intramolecular Hbond substituents is 1. The van der Waals surface area contributed by atoms with E-state index in [0.717, 1.165) is 4.47 Å². The van der Waals surface area contributed by atoms with Gasteiger partial charge in [0.1, 0.15) is 5.75 Å². The Morgan fingerprint density at radius 3 is 2.36 bits per heavy atom. The molecule has 4 N–H and O–H groups in total. The third-order valence-corrected chi connectivity index (χ3v) is 3.81. The van der Waals surface area contributed by atoms with Gasteiger partial charge in [0.25, 0.3) is 0 Å². The highest BCUT2D eigenvalue weighted by Crippen LogP contribution is 2.41. The highest BCUT2D eigenvalue weighted by Gasteiger charge is 2.18. The maximum absolute atomic E-state index is 9.60. The fraction of sp³-hybridized carbons (Fsp3) is 0.250. The number of nitrogens with two attached hydrogens (primary N) is 1. The van der Waals surface area contributed by atoms with E-state index in [-0.39, 0.29) is 12.4 Å². The summed E-state index contributed by atoms with van der Waals surface area (Å²) in [6.45, 7) is -0.182. The maximum atomic E-state index is 9.60. The molecule has 0 heterocycles. The average molecular weight is 390 g/mol. The molecule has 1 rings (SSSR count). The van der Waals surface area contributed by atoms with E-state index in [2.05, 4.69) is 47.8 Å². The van der Waals surface area contributed by atoms with Gasteiger partial charge in [0.15, 0.2) is 0 Å². The van der Waals surface area contributed by atoms with Crippen LogP contribution in [0.15, 0.2) is 19.5 Å². The molecule has 0 fully saturated rings. The van der Waals surface area contributed by atoms with Crippen molar-refractivity contribution in [1.82, 2.24) is 0 Å². The Morgan fingerprint density at radius 1 is 1.29 bits per heavy atom. The van der Waals surface area contributed by atoms with E-state index >= 15 is 0 Å². The molecule has 0 saturated heterocycles. The first-order valence-electron chi connectivity index (χ1n) is 3.71. The van der Waals surface area contributed by atoms with Gasteiger partial charge in [-0.25, -0.2) is 0 Å². The third-order valence-electron chi connectivity index (χ3n) is 1.75. The summed E-state index contributed by atoms with van der Waals surface area (Å²) in [5.41, 5.74) is 6.32. The van der Waals surface area contributed by atoms with E-state index < -0.39 is 6.04 Å².